The lowest BCUT2D eigenvalue weighted by molar-refractivity contribution is 0.295. The highest BCUT2D eigenvalue weighted by Crippen LogP contribution is 2.31. The molecule has 1 aromatic carbocycles. The molecule has 2 N–H and O–H groups in total. The summed E-state index contributed by atoms with van der Waals surface area (Å²) in [5.41, 5.74) is 2.20. The molecule has 1 unspecified atom stereocenters. The van der Waals surface area contributed by atoms with Crippen molar-refractivity contribution in [3.8, 4) is 11.5 Å². The highest BCUT2D eigenvalue weighted by atomic mass is 127. The van der Waals surface area contributed by atoms with Gasteiger partial charge in [-0.05, 0) is 52.6 Å². The summed E-state index contributed by atoms with van der Waals surface area (Å²) in [6.45, 7) is 8.25. The van der Waals surface area contributed by atoms with E-state index in [1.54, 1.807) is 25.6 Å². The molecule has 0 fully saturated rings. The number of thiazole rings is 1. The Bertz CT molecular complexity index is 826. The minimum absolute atomic E-state index is 0. The van der Waals surface area contributed by atoms with Crippen molar-refractivity contribution in [1.82, 2.24) is 20.5 Å². The number of likely N-dealkylation sites (N-methyl/N-ethyl adjacent to an activating group) is 1. The van der Waals surface area contributed by atoms with Crippen LogP contribution in [0.5, 0.6) is 11.5 Å². The number of aryl methyl sites for hydroxylation is 2. The number of methoxy groups -OCH3 is 2. The molecule has 7 nitrogen and oxygen atoms in total. The molecule has 0 aliphatic heterocycles. The van der Waals surface area contributed by atoms with E-state index in [4.69, 9.17) is 14.5 Å². The average Bonchev–Trinajstić information content (AvgIpc) is 3.02. The second kappa shape index (κ2) is 13.0. The molecule has 1 atom stereocenters. The van der Waals surface area contributed by atoms with Gasteiger partial charge in [-0.3, -0.25) is 0 Å². The van der Waals surface area contributed by atoms with Gasteiger partial charge in [-0.25, -0.2) is 9.98 Å². The first-order valence-corrected chi connectivity index (χ1v) is 10.5. The largest absolute Gasteiger partial charge is 0.493 e. The van der Waals surface area contributed by atoms with Gasteiger partial charge in [0.1, 0.15) is 0 Å². The average molecular weight is 548 g/mol. The number of ether oxygens (including phenoxy) is 2. The highest BCUT2D eigenvalue weighted by Gasteiger charge is 2.17. The topological polar surface area (TPSA) is 71.0 Å². The van der Waals surface area contributed by atoms with Crippen molar-refractivity contribution in [2.75, 3.05) is 41.4 Å². The van der Waals surface area contributed by atoms with Crippen LogP contribution in [0.2, 0.25) is 0 Å². The fourth-order valence-electron chi connectivity index (χ4n) is 3.06. The van der Waals surface area contributed by atoms with Gasteiger partial charge in [-0.1, -0.05) is 6.07 Å². The molecule has 0 saturated carbocycles. The maximum atomic E-state index is 5.47. The molecular weight excluding hydrogens is 513 g/mol. The molecule has 0 radical (unpaired) electrons. The fourth-order valence-corrected chi connectivity index (χ4v) is 3.93. The number of nitrogens with one attached hydrogen (secondary N) is 2. The van der Waals surface area contributed by atoms with E-state index in [-0.39, 0.29) is 30.0 Å². The molecule has 0 bridgehead atoms. The number of rotatable bonds is 9. The van der Waals surface area contributed by atoms with Crippen molar-refractivity contribution in [2.24, 2.45) is 4.99 Å². The van der Waals surface area contributed by atoms with Gasteiger partial charge in [-0.2, -0.15) is 0 Å². The molecule has 2 rings (SSSR count). The summed E-state index contributed by atoms with van der Waals surface area (Å²) in [7, 11) is 7.44. The molecule has 0 saturated heterocycles. The van der Waals surface area contributed by atoms with Crippen LogP contribution < -0.4 is 20.1 Å². The normalized spacial score (nSPS) is 12.3. The number of benzene rings is 1. The van der Waals surface area contributed by atoms with Crippen LogP contribution in [0.25, 0.3) is 0 Å². The monoisotopic (exact) mass is 547 g/mol. The lowest BCUT2D eigenvalue weighted by atomic mass is 10.1. The molecule has 9 heteroatoms. The van der Waals surface area contributed by atoms with Gasteiger partial charge in [0.05, 0.1) is 37.5 Å². The third-order valence-electron chi connectivity index (χ3n) is 4.60. The maximum Gasteiger partial charge on any atom is 0.191 e. The Balaban J connectivity index is 0.00000450. The number of aliphatic imine (C=N–C) groups is 1. The summed E-state index contributed by atoms with van der Waals surface area (Å²) >= 11 is 1.70. The summed E-state index contributed by atoms with van der Waals surface area (Å²) < 4.78 is 10.8. The Morgan fingerprint density at radius 2 is 1.87 bits per heavy atom. The van der Waals surface area contributed by atoms with Crippen LogP contribution in [0.15, 0.2) is 23.2 Å². The van der Waals surface area contributed by atoms with E-state index in [1.165, 1.54) is 4.88 Å². The van der Waals surface area contributed by atoms with E-state index < -0.39 is 0 Å². The summed E-state index contributed by atoms with van der Waals surface area (Å²) in [5, 5.41) is 7.87. The van der Waals surface area contributed by atoms with Crippen molar-refractivity contribution >= 4 is 41.3 Å². The number of hydrogen-bond acceptors (Lipinski definition) is 6. The van der Waals surface area contributed by atoms with Gasteiger partial charge in [-0.15, -0.1) is 35.3 Å². The summed E-state index contributed by atoms with van der Waals surface area (Å²) in [6.07, 6.45) is 0. The van der Waals surface area contributed by atoms with Crippen LogP contribution in [-0.2, 0) is 6.54 Å². The predicted octanol–water partition coefficient (Wildman–Crippen LogP) is 3.75. The van der Waals surface area contributed by atoms with Gasteiger partial charge in [0.2, 0.25) is 0 Å². The van der Waals surface area contributed by atoms with E-state index in [0.717, 1.165) is 40.3 Å². The fraction of sp³-hybridized carbons (Fsp3) is 0.524. The van der Waals surface area contributed by atoms with E-state index >= 15 is 0 Å². The van der Waals surface area contributed by atoms with Crippen molar-refractivity contribution < 1.29 is 9.47 Å². The predicted molar refractivity (Wildman–Crippen MR) is 136 cm³/mol. The highest BCUT2D eigenvalue weighted by molar-refractivity contribution is 14.0. The lowest BCUT2D eigenvalue weighted by Crippen LogP contribution is -2.41. The Morgan fingerprint density at radius 1 is 1.17 bits per heavy atom. The first-order valence-electron chi connectivity index (χ1n) is 9.73. The van der Waals surface area contributed by atoms with E-state index in [2.05, 4.69) is 47.6 Å². The van der Waals surface area contributed by atoms with Gasteiger partial charge in [0, 0.05) is 18.0 Å². The Labute approximate surface area is 201 Å². The lowest BCUT2D eigenvalue weighted by Gasteiger charge is -2.26. The molecule has 0 amide bonds. The first-order chi connectivity index (χ1) is 13.9. The third-order valence-corrected chi connectivity index (χ3v) is 5.66. The number of halogens is 1. The molecule has 168 valence electrons. The molecule has 0 spiro atoms. The van der Waals surface area contributed by atoms with Gasteiger partial charge < -0.3 is 25.0 Å². The van der Waals surface area contributed by atoms with Crippen LogP contribution in [0, 0.1) is 13.8 Å². The van der Waals surface area contributed by atoms with Crippen LogP contribution >= 0.6 is 35.3 Å². The van der Waals surface area contributed by atoms with Crippen LogP contribution in [0.1, 0.15) is 34.1 Å². The minimum Gasteiger partial charge on any atom is -0.493 e. The summed E-state index contributed by atoms with van der Waals surface area (Å²) in [6, 6.07) is 6.18. The standard InChI is InChI=1S/C21H33N5O2S.HI/c1-8-22-21(24-13-20-14(2)25-15(3)29-20)23-12-17(26(4)5)16-9-10-18(27-6)19(11-16)28-7;/h9-11,17H,8,12-13H2,1-7H3,(H2,22,23,24);1H. The SMILES string of the molecule is CCNC(=NCc1sc(C)nc1C)NCC(c1ccc(OC)c(OC)c1)N(C)C.I. The van der Waals surface area contributed by atoms with Crippen molar-refractivity contribution in [3.63, 3.8) is 0 Å². The molecule has 0 aliphatic carbocycles. The van der Waals surface area contributed by atoms with Crippen LogP contribution in [0.3, 0.4) is 0 Å². The number of nitrogens with zero attached hydrogens (tertiary/aromatic N) is 3. The first kappa shape index (κ1) is 26.4. The Kier molecular flexibility index (Phi) is 11.4. The van der Waals surface area contributed by atoms with Gasteiger partial charge >= 0.3 is 0 Å². The number of aromatic nitrogens is 1. The van der Waals surface area contributed by atoms with E-state index in [1.807, 2.05) is 26.0 Å². The summed E-state index contributed by atoms with van der Waals surface area (Å²) in [5.74, 6) is 2.26. The third kappa shape index (κ3) is 7.28. The van der Waals surface area contributed by atoms with E-state index in [9.17, 15) is 0 Å². The van der Waals surface area contributed by atoms with E-state index in [0.29, 0.717) is 13.1 Å². The zero-order chi connectivity index (χ0) is 21.4. The molecule has 1 heterocycles. The zero-order valence-electron chi connectivity index (χ0n) is 18.9. The Hall–Kier alpha value is -1.59. The molecule has 30 heavy (non-hydrogen) atoms. The number of hydrogen-bond donors (Lipinski definition) is 2. The smallest absolute Gasteiger partial charge is 0.191 e. The molecule has 0 aliphatic rings. The number of guanidine groups is 1. The molecular formula is C21H34IN5O2S. The zero-order valence-corrected chi connectivity index (χ0v) is 22.1. The second-order valence-electron chi connectivity index (χ2n) is 6.91. The Morgan fingerprint density at radius 3 is 2.40 bits per heavy atom. The molecule has 1 aromatic heterocycles. The van der Waals surface area contributed by atoms with Gasteiger partial charge in [0.15, 0.2) is 17.5 Å². The van der Waals surface area contributed by atoms with Crippen molar-refractivity contribution in [2.45, 2.75) is 33.4 Å². The second-order valence-corrected chi connectivity index (χ2v) is 8.20. The van der Waals surface area contributed by atoms with Crippen molar-refractivity contribution in [3.05, 3.63) is 39.3 Å². The quantitative estimate of drug-likeness (QED) is 0.283. The van der Waals surface area contributed by atoms with Crippen molar-refractivity contribution in [1.29, 1.82) is 0 Å². The molecule has 2 aromatic rings. The minimum atomic E-state index is 0. The van der Waals surface area contributed by atoms with Crippen LogP contribution in [-0.4, -0.2) is 57.2 Å². The summed E-state index contributed by atoms with van der Waals surface area (Å²) in [4.78, 5) is 12.6. The van der Waals surface area contributed by atoms with Crippen LogP contribution in [0.4, 0.5) is 0 Å². The maximum absolute atomic E-state index is 5.47. The van der Waals surface area contributed by atoms with Gasteiger partial charge in [0.25, 0.3) is 0 Å².